The second-order valence-electron chi connectivity index (χ2n) is 35.5. The summed E-state index contributed by atoms with van der Waals surface area (Å²) in [4.78, 5) is 0. The van der Waals surface area contributed by atoms with Gasteiger partial charge >= 0.3 is 0 Å². The first kappa shape index (κ1) is 77.5. The van der Waals surface area contributed by atoms with Gasteiger partial charge in [-0.05, 0) is 230 Å². The summed E-state index contributed by atoms with van der Waals surface area (Å²) < 4.78 is 43.0. The highest BCUT2D eigenvalue weighted by molar-refractivity contribution is 6.24. The van der Waals surface area contributed by atoms with Crippen LogP contribution < -0.4 is 18.3 Å². The van der Waals surface area contributed by atoms with Gasteiger partial charge in [0.05, 0.1) is 43.8 Å². The smallest absolute Gasteiger partial charge is 0.220 e. The van der Waals surface area contributed by atoms with Crippen LogP contribution in [0.2, 0.25) is 0 Å². The van der Waals surface area contributed by atoms with E-state index in [0.717, 1.165) is 84.2 Å². The van der Waals surface area contributed by atoms with E-state index in [1.807, 2.05) is 13.8 Å². The van der Waals surface area contributed by atoms with Gasteiger partial charge in [0.15, 0.2) is 24.8 Å². The summed E-state index contributed by atoms with van der Waals surface area (Å²) >= 11 is 0. The van der Waals surface area contributed by atoms with Gasteiger partial charge < -0.3 is 17.7 Å². The van der Waals surface area contributed by atoms with Crippen LogP contribution in [0.3, 0.4) is 0 Å². The number of rotatable bonds is 8. The first-order chi connectivity index (χ1) is 61.6. The van der Waals surface area contributed by atoms with Gasteiger partial charge in [-0.1, -0.05) is 217 Å². The number of furan rings is 4. The number of hydrogen-bond donors (Lipinski definition) is 0. The average Bonchev–Trinajstić information content (AvgIpc) is 1.62. The van der Waals surface area contributed by atoms with E-state index in [-0.39, 0.29) is 0 Å². The topological polar surface area (TPSA) is 68.1 Å². The maximum atomic E-state index is 8.43. The summed E-state index contributed by atoms with van der Waals surface area (Å²) in [5.41, 5.74) is 25.7. The Morgan fingerprint density at radius 3 is 0.833 bits per heavy atom. The van der Waals surface area contributed by atoms with Crippen molar-refractivity contribution >= 4 is 174 Å². The highest BCUT2D eigenvalue weighted by atomic mass is 16.3. The monoisotopic (exact) mass is 1640 g/mol. The average molecular weight is 1640 g/mol. The first-order valence-corrected chi connectivity index (χ1v) is 44.1. The Morgan fingerprint density at radius 2 is 0.516 bits per heavy atom. The highest BCUT2D eigenvalue weighted by Crippen LogP contribution is 2.46. The van der Waals surface area contributed by atoms with Crippen LogP contribution in [0, 0.1) is 33.6 Å². The Balaban J connectivity index is 0.000000103. The molecular weight excluding hydrogens is 1540 g/mol. The van der Waals surface area contributed by atoms with Crippen molar-refractivity contribution in [3.63, 3.8) is 0 Å². The van der Waals surface area contributed by atoms with Crippen molar-refractivity contribution in [3.05, 3.63) is 361 Å². The third-order valence-electron chi connectivity index (χ3n) is 26.6. The number of pyridine rings is 4. The predicted molar refractivity (Wildman–Crippen MR) is 527 cm³/mol. The zero-order chi connectivity index (χ0) is 87.1. The van der Waals surface area contributed by atoms with E-state index >= 15 is 0 Å². The van der Waals surface area contributed by atoms with Gasteiger partial charge in [0, 0.05) is 91.0 Å². The number of aryl methyl sites for hydroxylation is 8. The molecule has 0 aliphatic heterocycles. The van der Waals surface area contributed by atoms with Gasteiger partial charge in [0.2, 0.25) is 22.8 Å². The van der Waals surface area contributed by atoms with Crippen molar-refractivity contribution in [2.24, 2.45) is 34.1 Å². The molecule has 0 aliphatic carbocycles. The van der Waals surface area contributed by atoms with E-state index < -0.39 is 5.89 Å². The molecule has 0 atom stereocenters. The van der Waals surface area contributed by atoms with Gasteiger partial charge in [0.1, 0.15) is 72.9 Å². The quantitative estimate of drug-likeness (QED) is 0.142. The fourth-order valence-electron chi connectivity index (χ4n) is 20.1. The van der Waals surface area contributed by atoms with E-state index in [9.17, 15) is 0 Å². The third kappa shape index (κ3) is 13.3. The molecule has 0 saturated carbocycles. The van der Waals surface area contributed by atoms with Crippen LogP contribution in [0.5, 0.6) is 0 Å². The lowest BCUT2D eigenvalue weighted by Gasteiger charge is -2.11. The second kappa shape index (κ2) is 31.3. The minimum Gasteiger partial charge on any atom is -0.456 e. The molecule has 0 spiro atoms. The van der Waals surface area contributed by atoms with Crippen molar-refractivity contribution in [3.8, 4) is 45.0 Å². The summed E-state index contributed by atoms with van der Waals surface area (Å²) in [7, 11) is 8.46. The number of nitrogens with zero attached hydrogens (tertiary/aromatic N) is 4. The lowest BCUT2D eigenvalue weighted by Crippen LogP contribution is -2.30. The van der Waals surface area contributed by atoms with Gasteiger partial charge in [-0.2, -0.15) is 0 Å². The summed E-state index contributed by atoms with van der Waals surface area (Å²) in [5, 5.41) is 29.3. The molecule has 0 fully saturated rings. The molecule has 0 saturated heterocycles. The Kier molecular flexibility index (Phi) is 19.3. The third-order valence-corrected chi connectivity index (χ3v) is 26.6. The van der Waals surface area contributed by atoms with Crippen LogP contribution in [0.4, 0.5) is 0 Å². The molecule has 0 bridgehead atoms. The van der Waals surface area contributed by atoms with E-state index in [1.165, 1.54) is 180 Å². The number of hydrogen-bond acceptors (Lipinski definition) is 4. The molecule has 8 heterocycles. The number of fused-ring (bicyclic) bond motifs is 24. The van der Waals surface area contributed by atoms with Crippen LogP contribution in [-0.2, 0) is 34.6 Å². The SMILES string of the molecule is Cc1c(-c2c3ccc(C(C)C)cc3cc[n+]2C)ccc2c1oc1ccc3ccccc3c12.Cc1c(-c2c3ccc(CC(C)C)cc3cc[n+]2C)ccc2c1oc1ccc3ccccc3c12.Cc1c(-c2c3ccccc3cc[n+]2C)ccc2c1oc1ccc3ccccc3c12.[2H]C(C)(C)c1ccc2c(-c3ccc4c(oc5ccc6ccccc6c54)c3C)[n+](C)ccc2c1. The minimum atomic E-state index is -0.627. The molecule has 8 heteroatoms. The van der Waals surface area contributed by atoms with E-state index in [4.69, 9.17) is 19.0 Å². The Bertz CT molecular complexity index is 8660. The van der Waals surface area contributed by atoms with Crippen LogP contribution in [0.15, 0.2) is 340 Å². The molecule has 0 unspecified atom stereocenters. The molecule has 8 aromatic heterocycles. The summed E-state index contributed by atoms with van der Waals surface area (Å²) in [6.07, 6.45) is 9.68. The van der Waals surface area contributed by atoms with E-state index in [2.05, 4.69) is 424 Å². The lowest BCUT2D eigenvalue weighted by atomic mass is 9.94. The normalized spacial score (nSPS) is 12.2. The second-order valence-corrected chi connectivity index (χ2v) is 35.5. The molecular formula is C118H100N4O4+4. The molecule has 0 amide bonds. The molecule has 0 radical (unpaired) electrons. The first-order valence-electron chi connectivity index (χ1n) is 44.6. The summed E-state index contributed by atoms with van der Waals surface area (Å²) in [6, 6.07) is 106. The maximum absolute atomic E-state index is 8.43. The fraction of sp³-hybridized carbons (Fsp3) is 0.153. The Labute approximate surface area is 734 Å². The van der Waals surface area contributed by atoms with Crippen LogP contribution in [0.1, 0.15) is 93.7 Å². The molecule has 24 rings (SSSR count). The lowest BCUT2D eigenvalue weighted by molar-refractivity contribution is -0.659. The van der Waals surface area contributed by atoms with Crippen molar-refractivity contribution in [2.45, 2.75) is 87.5 Å². The van der Waals surface area contributed by atoms with Gasteiger partial charge in [-0.3, -0.25) is 0 Å². The zero-order valence-electron chi connectivity index (χ0n) is 74.9. The zero-order valence-corrected chi connectivity index (χ0v) is 73.9. The van der Waals surface area contributed by atoms with Crippen molar-refractivity contribution in [1.82, 2.24) is 0 Å². The van der Waals surface area contributed by atoms with Crippen LogP contribution >= 0.6 is 0 Å². The van der Waals surface area contributed by atoms with Crippen molar-refractivity contribution in [2.75, 3.05) is 0 Å². The molecule has 612 valence electrons. The Hall–Kier alpha value is -14.6. The molecule has 16 aromatic carbocycles. The molecule has 0 N–H and O–H groups in total. The Morgan fingerprint density at radius 1 is 0.254 bits per heavy atom. The molecule has 126 heavy (non-hydrogen) atoms. The fourth-order valence-corrected chi connectivity index (χ4v) is 20.1. The van der Waals surface area contributed by atoms with Crippen molar-refractivity contribution < 1.29 is 37.3 Å². The van der Waals surface area contributed by atoms with E-state index in [0.29, 0.717) is 11.8 Å². The van der Waals surface area contributed by atoms with Gasteiger partial charge in [-0.15, -0.1) is 0 Å². The largest absolute Gasteiger partial charge is 0.456 e. The molecule has 8 nitrogen and oxygen atoms in total. The number of aromatic nitrogens is 4. The maximum Gasteiger partial charge on any atom is 0.220 e. The highest BCUT2D eigenvalue weighted by Gasteiger charge is 2.28. The number of benzene rings is 16. The van der Waals surface area contributed by atoms with Gasteiger partial charge in [0.25, 0.3) is 0 Å². The molecule has 24 aromatic rings. The summed E-state index contributed by atoms with van der Waals surface area (Å²) in [5.74, 6) is 0.536. The minimum absolute atomic E-state index is 0.514. The summed E-state index contributed by atoms with van der Waals surface area (Å²) in [6.45, 7) is 21.6. The predicted octanol–water partition coefficient (Wildman–Crippen LogP) is 30.2. The van der Waals surface area contributed by atoms with E-state index in [1.54, 1.807) is 0 Å². The van der Waals surface area contributed by atoms with Gasteiger partial charge in [-0.25, -0.2) is 18.3 Å². The van der Waals surface area contributed by atoms with Crippen LogP contribution in [0.25, 0.3) is 219 Å². The van der Waals surface area contributed by atoms with Crippen molar-refractivity contribution in [1.29, 1.82) is 0 Å². The van der Waals surface area contributed by atoms with Crippen LogP contribution in [-0.4, -0.2) is 0 Å². The molecule has 0 aliphatic rings. The standard InChI is InChI=1S/C31H28NO.2C30H26NO.C27H20NO/c1-19(2)17-21-9-11-26-23(18-21)15-16-32(4)30(26)24-12-13-27-29-25-8-6-5-7-22(25)10-14-28(29)33-31(27)20(24)3;2*1-18(2)21-9-11-25-22(17-21)15-16-31(4)29(25)23-12-13-26-28-24-8-6-5-7-20(24)10-14-27(28)32-30(26)19(23)3;1-17-20(26-22-10-6-4-8-19(22)15-16-28(26)2)12-13-23-25-21-9-5-3-7-18(21)11-14-24(25)29-27(17)23/h5-16,18-19H,17H2,1-4H3;2*5-18H,1-4H3;3-16H,1-2H3/q4*+1/i;18D;;.